The average molecular weight is 754 g/mol. The van der Waals surface area contributed by atoms with E-state index in [-0.39, 0.29) is 31.1 Å². The molecule has 4 aromatic carbocycles. The summed E-state index contributed by atoms with van der Waals surface area (Å²) in [5.41, 5.74) is 8.23. The van der Waals surface area contributed by atoms with E-state index >= 15 is 0 Å². The Morgan fingerprint density at radius 3 is 1.93 bits per heavy atom. The number of ether oxygens (including phenoxy) is 4. The topological polar surface area (TPSA) is 126 Å². The molecule has 4 aliphatic rings. The third-order valence-electron chi connectivity index (χ3n) is 11.5. The van der Waals surface area contributed by atoms with Crippen molar-refractivity contribution in [3.8, 4) is 23.0 Å². The highest BCUT2D eigenvalue weighted by atomic mass is 16.5. The van der Waals surface area contributed by atoms with Gasteiger partial charge in [0.05, 0.1) is 60.2 Å². The van der Waals surface area contributed by atoms with Gasteiger partial charge in [0, 0.05) is 38.8 Å². The number of hydrogen-bond acceptors (Lipinski definition) is 10. The third kappa shape index (κ3) is 6.29. The maximum Gasteiger partial charge on any atom is 0.256 e. The molecule has 1 aromatic heterocycles. The van der Waals surface area contributed by atoms with E-state index in [0.29, 0.717) is 82.9 Å². The molecule has 12 heteroatoms. The Hall–Kier alpha value is -6.27. The normalized spacial score (nSPS) is 19.5. The molecule has 2 N–H and O–H groups in total. The minimum Gasteiger partial charge on any atom is -0.493 e. The van der Waals surface area contributed by atoms with Gasteiger partial charge in [0.15, 0.2) is 23.0 Å². The number of hydrogen-bond donors (Lipinski definition) is 2. The van der Waals surface area contributed by atoms with Gasteiger partial charge in [0.2, 0.25) is 0 Å². The Morgan fingerprint density at radius 1 is 0.696 bits per heavy atom. The van der Waals surface area contributed by atoms with Gasteiger partial charge in [-0.05, 0) is 59.4 Å². The molecule has 0 radical (unpaired) electrons. The zero-order valence-corrected chi connectivity index (χ0v) is 31.5. The van der Waals surface area contributed by atoms with Crippen molar-refractivity contribution in [3.05, 3.63) is 136 Å². The van der Waals surface area contributed by atoms with Crippen molar-refractivity contribution in [2.24, 2.45) is 0 Å². The number of aromatic nitrogens is 1. The van der Waals surface area contributed by atoms with Crippen LogP contribution < -0.4 is 29.2 Å². The molecule has 0 saturated carbocycles. The van der Waals surface area contributed by atoms with Crippen LogP contribution in [0, 0.1) is 0 Å². The van der Waals surface area contributed by atoms with E-state index in [4.69, 9.17) is 23.9 Å². The first-order valence-electron chi connectivity index (χ1n) is 18.8. The molecule has 0 spiro atoms. The van der Waals surface area contributed by atoms with Crippen molar-refractivity contribution in [1.29, 1.82) is 0 Å². The summed E-state index contributed by atoms with van der Waals surface area (Å²) < 4.78 is 24.0. The standard InChI is InChI=1S/C44H43N5O7/c1-47-36-20-41(39(54-3)18-34(36)43(51)49-23-29-12-7-5-10-27(29)16-37(49)44(47)52)56-25-31-14-8-13-30(46-31)24-55-40-19-35-33(17-38(40)53-2)42(50)48-22-28-11-6-4-9-26(28)15-32(48)21-45-35/h4-14,17-20,32,37,44-45,52H,15-16,21-25H2,1-3H3/t32-,37-,44?/m0/s1. The van der Waals surface area contributed by atoms with E-state index in [1.54, 1.807) is 42.2 Å². The Bertz CT molecular complexity index is 2350. The van der Waals surface area contributed by atoms with Crippen LogP contribution in [0.15, 0.2) is 91.0 Å². The zero-order chi connectivity index (χ0) is 38.5. The zero-order valence-electron chi connectivity index (χ0n) is 31.5. The fraction of sp³-hybridized carbons (Fsp3) is 0.295. The van der Waals surface area contributed by atoms with E-state index in [1.165, 1.54) is 18.2 Å². The number of anilines is 2. The molecule has 56 heavy (non-hydrogen) atoms. The molecule has 4 aliphatic heterocycles. The number of aliphatic hydroxyl groups is 1. The Labute approximate surface area is 325 Å². The first kappa shape index (κ1) is 35.4. The van der Waals surface area contributed by atoms with Crippen molar-refractivity contribution in [2.75, 3.05) is 38.0 Å². The minimum atomic E-state index is -0.928. The maximum atomic E-state index is 14.0. The predicted molar refractivity (Wildman–Crippen MR) is 209 cm³/mol. The lowest BCUT2D eigenvalue weighted by Gasteiger charge is -2.39. The van der Waals surface area contributed by atoms with Gasteiger partial charge in [-0.25, -0.2) is 0 Å². The second kappa shape index (κ2) is 14.4. The third-order valence-corrected chi connectivity index (χ3v) is 11.5. The molecule has 12 nitrogen and oxygen atoms in total. The summed E-state index contributed by atoms with van der Waals surface area (Å²) in [6, 6.07) is 28.6. The van der Waals surface area contributed by atoms with Gasteiger partial charge in [-0.3, -0.25) is 14.6 Å². The van der Waals surface area contributed by atoms with Gasteiger partial charge in [-0.1, -0.05) is 54.6 Å². The maximum absolute atomic E-state index is 14.0. The number of carbonyl (C=O) groups excluding carboxylic acids is 2. The lowest BCUT2D eigenvalue weighted by Crippen LogP contribution is -2.53. The number of rotatable bonds is 8. The summed E-state index contributed by atoms with van der Waals surface area (Å²) in [7, 11) is 4.89. The number of fused-ring (bicyclic) bond motifs is 6. The van der Waals surface area contributed by atoms with Crippen LogP contribution in [0.1, 0.15) is 54.4 Å². The number of nitrogens with one attached hydrogen (secondary N) is 1. The van der Waals surface area contributed by atoms with E-state index < -0.39 is 12.3 Å². The highest BCUT2D eigenvalue weighted by Crippen LogP contribution is 2.41. The number of aliphatic hydroxyl groups excluding tert-OH is 1. The monoisotopic (exact) mass is 753 g/mol. The summed E-state index contributed by atoms with van der Waals surface area (Å²) in [4.78, 5) is 38.1. The first-order valence-corrected chi connectivity index (χ1v) is 18.8. The number of amides is 2. The van der Waals surface area contributed by atoms with Crippen LogP contribution in [0.3, 0.4) is 0 Å². The summed E-state index contributed by atoms with van der Waals surface area (Å²) in [5, 5.41) is 15.0. The molecule has 5 heterocycles. The van der Waals surface area contributed by atoms with Gasteiger partial charge in [-0.15, -0.1) is 0 Å². The fourth-order valence-electron chi connectivity index (χ4n) is 8.41. The van der Waals surface area contributed by atoms with Crippen LogP contribution in [0.25, 0.3) is 0 Å². The van der Waals surface area contributed by atoms with Gasteiger partial charge in [0.1, 0.15) is 19.4 Å². The molecule has 1 unspecified atom stereocenters. The largest absolute Gasteiger partial charge is 0.493 e. The van der Waals surface area contributed by atoms with E-state index in [2.05, 4.69) is 23.5 Å². The number of likely N-dealkylation sites (N-methyl/N-ethyl adjacent to an activating group) is 1. The van der Waals surface area contributed by atoms with Crippen molar-refractivity contribution in [3.63, 3.8) is 0 Å². The van der Waals surface area contributed by atoms with Crippen molar-refractivity contribution >= 4 is 23.2 Å². The van der Waals surface area contributed by atoms with Gasteiger partial charge >= 0.3 is 0 Å². The highest BCUT2D eigenvalue weighted by Gasteiger charge is 2.42. The van der Waals surface area contributed by atoms with E-state index in [1.807, 2.05) is 59.5 Å². The van der Waals surface area contributed by atoms with Crippen LogP contribution >= 0.6 is 0 Å². The van der Waals surface area contributed by atoms with Gasteiger partial charge in [-0.2, -0.15) is 0 Å². The molecule has 2 amide bonds. The molecule has 0 fully saturated rings. The molecule has 3 atom stereocenters. The Balaban J connectivity index is 0.901. The number of methoxy groups -OCH3 is 2. The fourth-order valence-corrected chi connectivity index (χ4v) is 8.41. The Kier molecular flexibility index (Phi) is 9.13. The quantitative estimate of drug-likeness (QED) is 0.207. The Morgan fingerprint density at radius 2 is 1.27 bits per heavy atom. The number of pyridine rings is 1. The highest BCUT2D eigenvalue weighted by molar-refractivity contribution is 6.02. The molecule has 286 valence electrons. The number of benzene rings is 4. The van der Waals surface area contributed by atoms with Gasteiger partial charge in [0.25, 0.3) is 11.8 Å². The van der Waals surface area contributed by atoms with Crippen LogP contribution in [0.2, 0.25) is 0 Å². The molecular formula is C44H43N5O7. The second-order valence-corrected chi connectivity index (χ2v) is 14.7. The summed E-state index contributed by atoms with van der Waals surface area (Å²) in [6.45, 7) is 1.87. The second-order valence-electron chi connectivity index (χ2n) is 14.7. The van der Waals surface area contributed by atoms with Crippen LogP contribution in [-0.2, 0) is 39.1 Å². The first-order chi connectivity index (χ1) is 27.3. The summed E-state index contributed by atoms with van der Waals surface area (Å²) in [6.07, 6.45) is 0.420. The van der Waals surface area contributed by atoms with E-state index in [0.717, 1.165) is 17.5 Å². The van der Waals surface area contributed by atoms with Crippen molar-refractivity contribution in [1.82, 2.24) is 14.8 Å². The molecule has 0 aliphatic carbocycles. The SMILES string of the molecule is COc1cc2c(cc1OCc1cccc(COc3cc4c(cc3OC)C(=O)N3Cc5ccccc5C[C@H]3C(O)N4C)n1)NC[C@@H]1Cc3ccccc3CN1C2=O. The van der Waals surface area contributed by atoms with Gasteiger partial charge < -0.3 is 44.1 Å². The molecule has 0 bridgehead atoms. The predicted octanol–water partition coefficient (Wildman–Crippen LogP) is 5.58. The number of carbonyl (C=O) groups is 2. The smallest absolute Gasteiger partial charge is 0.256 e. The molecular weight excluding hydrogens is 711 g/mol. The van der Waals surface area contributed by atoms with Crippen molar-refractivity contribution < 1.29 is 33.6 Å². The minimum absolute atomic E-state index is 0.0361. The summed E-state index contributed by atoms with van der Waals surface area (Å²) in [5.74, 6) is 1.57. The summed E-state index contributed by atoms with van der Waals surface area (Å²) >= 11 is 0. The molecule has 9 rings (SSSR count). The van der Waals surface area contributed by atoms with Crippen LogP contribution in [0.4, 0.5) is 11.4 Å². The van der Waals surface area contributed by atoms with Crippen LogP contribution in [0.5, 0.6) is 23.0 Å². The molecule has 5 aromatic rings. The number of nitrogens with zero attached hydrogens (tertiary/aromatic N) is 4. The van der Waals surface area contributed by atoms with E-state index in [9.17, 15) is 14.7 Å². The average Bonchev–Trinajstić information content (AvgIpc) is 3.40. The van der Waals surface area contributed by atoms with Crippen LogP contribution in [-0.4, -0.2) is 77.8 Å². The lowest BCUT2D eigenvalue weighted by molar-refractivity contribution is 0.0326. The lowest BCUT2D eigenvalue weighted by atomic mass is 9.93. The molecule has 0 saturated heterocycles. The van der Waals surface area contributed by atoms with Crippen molar-refractivity contribution in [2.45, 2.75) is 57.5 Å².